The standard InChI is InChI=1S/C16H26N2O2/c1-4-5-6-15(17)16(19)18(3)11-12-20-14-9-7-13(2)8-10-14/h7-10,15H,4-6,11-12,17H2,1-3H3. The number of nitrogens with two attached hydrogens (primary N) is 1. The Labute approximate surface area is 121 Å². The molecule has 1 unspecified atom stereocenters. The Morgan fingerprint density at radius 3 is 2.60 bits per heavy atom. The second kappa shape index (κ2) is 8.59. The van der Waals surface area contributed by atoms with E-state index in [-0.39, 0.29) is 11.9 Å². The van der Waals surface area contributed by atoms with Gasteiger partial charge in [-0.05, 0) is 25.5 Å². The third-order valence-electron chi connectivity index (χ3n) is 3.28. The van der Waals surface area contributed by atoms with E-state index in [1.807, 2.05) is 31.2 Å². The SMILES string of the molecule is CCCCC(N)C(=O)N(C)CCOc1ccc(C)cc1. The summed E-state index contributed by atoms with van der Waals surface area (Å²) in [6.45, 7) is 5.16. The second-order valence-corrected chi connectivity index (χ2v) is 5.17. The van der Waals surface area contributed by atoms with Crippen LogP contribution in [0.1, 0.15) is 31.7 Å². The lowest BCUT2D eigenvalue weighted by molar-refractivity contribution is -0.131. The Kier molecular flexibility index (Phi) is 7.09. The number of carbonyl (C=O) groups excluding carboxylic acids is 1. The van der Waals surface area contributed by atoms with Crippen LogP contribution in [0.4, 0.5) is 0 Å². The van der Waals surface area contributed by atoms with Crippen molar-refractivity contribution < 1.29 is 9.53 Å². The molecule has 4 heteroatoms. The number of unbranched alkanes of at least 4 members (excludes halogenated alkanes) is 1. The molecule has 0 aliphatic carbocycles. The van der Waals surface area contributed by atoms with Gasteiger partial charge in [-0.3, -0.25) is 4.79 Å². The van der Waals surface area contributed by atoms with Crippen LogP contribution in [0.15, 0.2) is 24.3 Å². The summed E-state index contributed by atoms with van der Waals surface area (Å²) < 4.78 is 5.61. The average Bonchev–Trinajstić information content (AvgIpc) is 2.45. The molecule has 4 nitrogen and oxygen atoms in total. The molecule has 0 fully saturated rings. The van der Waals surface area contributed by atoms with Crippen molar-refractivity contribution in [1.29, 1.82) is 0 Å². The van der Waals surface area contributed by atoms with E-state index in [0.717, 1.165) is 25.0 Å². The van der Waals surface area contributed by atoms with Gasteiger partial charge in [0.2, 0.25) is 5.91 Å². The number of nitrogens with zero attached hydrogens (tertiary/aromatic N) is 1. The Hall–Kier alpha value is -1.55. The molecule has 0 aromatic heterocycles. The van der Waals surface area contributed by atoms with Gasteiger partial charge in [-0.2, -0.15) is 0 Å². The van der Waals surface area contributed by atoms with Gasteiger partial charge in [-0.15, -0.1) is 0 Å². The molecule has 2 N–H and O–H groups in total. The van der Waals surface area contributed by atoms with Crippen molar-refractivity contribution >= 4 is 5.91 Å². The molecular weight excluding hydrogens is 252 g/mol. The van der Waals surface area contributed by atoms with Crippen LogP contribution in [0.3, 0.4) is 0 Å². The monoisotopic (exact) mass is 278 g/mol. The number of amides is 1. The first kappa shape index (κ1) is 16.5. The highest BCUT2D eigenvalue weighted by atomic mass is 16.5. The molecule has 112 valence electrons. The zero-order valence-corrected chi connectivity index (χ0v) is 12.8. The first-order valence-corrected chi connectivity index (χ1v) is 7.24. The Morgan fingerprint density at radius 1 is 1.35 bits per heavy atom. The van der Waals surface area contributed by atoms with Gasteiger partial charge in [-0.1, -0.05) is 37.5 Å². The number of hydrogen-bond acceptors (Lipinski definition) is 3. The molecule has 0 bridgehead atoms. The van der Waals surface area contributed by atoms with Crippen LogP contribution in [0.2, 0.25) is 0 Å². The highest BCUT2D eigenvalue weighted by Gasteiger charge is 2.17. The summed E-state index contributed by atoms with van der Waals surface area (Å²) in [5, 5.41) is 0. The molecule has 0 saturated carbocycles. The third-order valence-corrected chi connectivity index (χ3v) is 3.28. The summed E-state index contributed by atoms with van der Waals surface area (Å²) in [6, 6.07) is 7.49. The zero-order chi connectivity index (χ0) is 15.0. The molecule has 0 aliphatic heterocycles. The van der Waals surface area contributed by atoms with Gasteiger partial charge in [0.05, 0.1) is 12.6 Å². The summed E-state index contributed by atoms with van der Waals surface area (Å²) in [4.78, 5) is 13.6. The molecule has 0 saturated heterocycles. The fourth-order valence-corrected chi connectivity index (χ4v) is 1.88. The minimum atomic E-state index is -0.390. The first-order chi connectivity index (χ1) is 9.54. The lowest BCUT2D eigenvalue weighted by atomic mass is 10.1. The number of hydrogen-bond donors (Lipinski definition) is 1. The van der Waals surface area contributed by atoms with E-state index in [9.17, 15) is 4.79 Å². The normalized spacial score (nSPS) is 12.0. The molecule has 20 heavy (non-hydrogen) atoms. The number of benzene rings is 1. The Morgan fingerprint density at radius 2 is 2.00 bits per heavy atom. The second-order valence-electron chi connectivity index (χ2n) is 5.17. The van der Waals surface area contributed by atoms with Crippen molar-refractivity contribution in [3.8, 4) is 5.75 Å². The molecule has 0 aliphatic rings. The molecule has 1 aromatic rings. The summed E-state index contributed by atoms with van der Waals surface area (Å²) >= 11 is 0. The van der Waals surface area contributed by atoms with Crippen LogP contribution in [-0.2, 0) is 4.79 Å². The smallest absolute Gasteiger partial charge is 0.239 e. The zero-order valence-electron chi connectivity index (χ0n) is 12.8. The van der Waals surface area contributed by atoms with E-state index < -0.39 is 0 Å². The predicted octanol–water partition coefficient (Wildman–Crippen LogP) is 2.35. The number of ether oxygens (including phenoxy) is 1. The van der Waals surface area contributed by atoms with Crippen molar-refractivity contribution in [3.63, 3.8) is 0 Å². The molecule has 0 spiro atoms. The summed E-state index contributed by atoms with van der Waals surface area (Å²) in [5.74, 6) is 0.817. The van der Waals surface area contributed by atoms with Gasteiger partial charge in [0.1, 0.15) is 12.4 Å². The number of carbonyl (C=O) groups is 1. The molecule has 0 radical (unpaired) electrons. The van der Waals surface area contributed by atoms with Gasteiger partial charge >= 0.3 is 0 Å². The van der Waals surface area contributed by atoms with Gasteiger partial charge in [0, 0.05) is 7.05 Å². The topological polar surface area (TPSA) is 55.6 Å². The summed E-state index contributed by atoms with van der Waals surface area (Å²) in [7, 11) is 1.77. The number of rotatable bonds is 8. The number of likely N-dealkylation sites (N-methyl/N-ethyl adjacent to an activating group) is 1. The Bertz CT molecular complexity index is 403. The van der Waals surface area contributed by atoms with Crippen molar-refractivity contribution in [2.24, 2.45) is 5.73 Å². The van der Waals surface area contributed by atoms with Gasteiger partial charge < -0.3 is 15.4 Å². The maximum absolute atomic E-state index is 12.0. The number of aryl methyl sites for hydroxylation is 1. The van der Waals surface area contributed by atoms with Crippen molar-refractivity contribution in [2.75, 3.05) is 20.2 Å². The summed E-state index contributed by atoms with van der Waals surface area (Å²) in [5.41, 5.74) is 7.07. The molecule has 1 atom stereocenters. The van der Waals surface area contributed by atoms with E-state index in [4.69, 9.17) is 10.5 Å². The van der Waals surface area contributed by atoms with Crippen molar-refractivity contribution in [2.45, 2.75) is 39.2 Å². The van der Waals surface area contributed by atoms with Gasteiger partial charge in [0.15, 0.2) is 0 Å². The maximum atomic E-state index is 12.0. The van der Waals surface area contributed by atoms with Crippen LogP contribution in [0, 0.1) is 6.92 Å². The van der Waals surface area contributed by atoms with Crippen molar-refractivity contribution in [3.05, 3.63) is 29.8 Å². The average molecular weight is 278 g/mol. The molecule has 1 aromatic carbocycles. The van der Waals surface area contributed by atoms with E-state index in [0.29, 0.717) is 13.2 Å². The largest absolute Gasteiger partial charge is 0.492 e. The molecule has 1 amide bonds. The van der Waals surface area contributed by atoms with E-state index in [1.165, 1.54) is 5.56 Å². The minimum absolute atomic E-state index is 0.00837. The molecular formula is C16H26N2O2. The minimum Gasteiger partial charge on any atom is -0.492 e. The summed E-state index contributed by atoms with van der Waals surface area (Å²) in [6.07, 6.45) is 2.79. The van der Waals surface area contributed by atoms with Crippen LogP contribution < -0.4 is 10.5 Å². The van der Waals surface area contributed by atoms with Crippen LogP contribution >= 0.6 is 0 Å². The van der Waals surface area contributed by atoms with E-state index in [2.05, 4.69) is 6.92 Å². The lowest BCUT2D eigenvalue weighted by Crippen LogP contribution is -2.43. The highest BCUT2D eigenvalue weighted by molar-refractivity contribution is 5.81. The Balaban J connectivity index is 2.30. The van der Waals surface area contributed by atoms with Crippen LogP contribution in [0.25, 0.3) is 0 Å². The van der Waals surface area contributed by atoms with Crippen molar-refractivity contribution in [1.82, 2.24) is 4.90 Å². The maximum Gasteiger partial charge on any atom is 0.239 e. The van der Waals surface area contributed by atoms with E-state index in [1.54, 1.807) is 11.9 Å². The quantitative estimate of drug-likeness (QED) is 0.794. The molecule has 0 heterocycles. The fourth-order valence-electron chi connectivity index (χ4n) is 1.88. The van der Waals surface area contributed by atoms with Crippen LogP contribution in [-0.4, -0.2) is 37.0 Å². The molecule has 1 rings (SSSR count). The van der Waals surface area contributed by atoms with Gasteiger partial charge in [0.25, 0.3) is 0 Å². The fraction of sp³-hybridized carbons (Fsp3) is 0.562. The van der Waals surface area contributed by atoms with E-state index >= 15 is 0 Å². The van der Waals surface area contributed by atoms with Crippen LogP contribution in [0.5, 0.6) is 5.75 Å². The third kappa shape index (κ3) is 5.61. The first-order valence-electron chi connectivity index (χ1n) is 7.24. The predicted molar refractivity (Wildman–Crippen MR) is 81.8 cm³/mol. The highest BCUT2D eigenvalue weighted by Crippen LogP contribution is 2.11. The van der Waals surface area contributed by atoms with Gasteiger partial charge in [-0.25, -0.2) is 0 Å². The lowest BCUT2D eigenvalue weighted by Gasteiger charge is -2.21.